The first-order valence-corrected chi connectivity index (χ1v) is 4.95. The Bertz CT molecular complexity index is 259. The topological polar surface area (TPSA) is 0 Å². The Morgan fingerprint density at radius 3 is 2.46 bits per heavy atom. The van der Waals surface area contributed by atoms with Gasteiger partial charge in [-0.1, -0.05) is 56.3 Å². The number of rotatable bonds is 4. The van der Waals surface area contributed by atoms with Crippen molar-refractivity contribution in [1.82, 2.24) is 0 Å². The van der Waals surface area contributed by atoms with E-state index >= 15 is 0 Å². The lowest BCUT2D eigenvalue weighted by molar-refractivity contribution is 0.641. The van der Waals surface area contributed by atoms with E-state index in [4.69, 9.17) is 0 Å². The van der Waals surface area contributed by atoms with Crippen LogP contribution in [0.4, 0.5) is 0 Å². The predicted octanol–water partition coefficient (Wildman–Crippen LogP) is 3.83. The maximum atomic E-state index is 4.12. The van der Waals surface area contributed by atoms with Gasteiger partial charge in [0.05, 0.1) is 0 Å². The maximum Gasteiger partial charge on any atom is -0.00671 e. The quantitative estimate of drug-likeness (QED) is 0.608. The molecule has 1 aromatic carbocycles. The largest absolute Gasteiger partial charge is 0.0993 e. The highest BCUT2D eigenvalue weighted by atomic mass is 14.1. The molecule has 0 spiro atoms. The lowest BCUT2D eigenvalue weighted by Gasteiger charge is -2.12. The number of allylic oxidation sites excluding steroid dienone is 1. The van der Waals surface area contributed by atoms with E-state index < -0.39 is 0 Å². The maximum absolute atomic E-state index is 4.12. The highest BCUT2D eigenvalue weighted by Gasteiger charge is 2.03. The molecule has 0 aliphatic rings. The van der Waals surface area contributed by atoms with Gasteiger partial charge in [-0.15, -0.1) is 0 Å². The number of benzene rings is 1. The standard InChI is InChI=1S/C13H18/c1-4-11(2)12(3)10-13-8-6-5-7-9-13/h5-9,11H,3-4,10H2,1-2H3. The zero-order chi connectivity index (χ0) is 9.68. The van der Waals surface area contributed by atoms with Gasteiger partial charge < -0.3 is 0 Å². The summed E-state index contributed by atoms with van der Waals surface area (Å²) in [7, 11) is 0. The zero-order valence-corrected chi connectivity index (χ0v) is 8.59. The van der Waals surface area contributed by atoms with Crippen molar-refractivity contribution in [2.45, 2.75) is 26.7 Å². The minimum atomic E-state index is 0.639. The molecule has 0 aliphatic heterocycles. The lowest BCUT2D eigenvalue weighted by Crippen LogP contribution is -1.99. The minimum absolute atomic E-state index is 0.639. The molecule has 70 valence electrons. The summed E-state index contributed by atoms with van der Waals surface area (Å²) in [5, 5.41) is 0. The molecule has 0 bridgehead atoms. The molecular formula is C13H18. The summed E-state index contributed by atoms with van der Waals surface area (Å²) >= 11 is 0. The van der Waals surface area contributed by atoms with Crippen LogP contribution in [0.15, 0.2) is 42.5 Å². The van der Waals surface area contributed by atoms with Crippen molar-refractivity contribution < 1.29 is 0 Å². The molecule has 1 atom stereocenters. The van der Waals surface area contributed by atoms with Gasteiger partial charge in [-0.2, -0.15) is 0 Å². The number of hydrogen-bond donors (Lipinski definition) is 0. The fourth-order valence-corrected chi connectivity index (χ4v) is 1.32. The molecule has 1 unspecified atom stereocenters. The highest BCUT2D eigenvalue weighted by molar-refractivity contribution is 5.21. The van der Waals surface area contributed by atoms with Gasteiger partial charge in [0, 0.05) is 0 Å². The van der Waals surface area contributed by atoms with Gasteiger partial charge in [-0.3, -0.25) is 0 Å². The van der Waals surface area contributed by atoms with Crippen LogP contribution in [0.25, 0.3) is 0 Å². The van der Waals surface area contributed by atoms with Gasteiger partial charge >= 0.3 is 0 Å². The summed E-state index contributed by atoms with van der Waals surface area (Å²) in [6.45, 7) is 8.57. The van der Waals surface area contributed by atoms with Crippen LogP contribution in [0.2, 0.25) is 0 Å². The summed E-state index contributed by atoms with van der Waals surface area (Å²) < 4.78 is 0. The van der Waals surface area contributed by atoms with E-state index in [2.05, 4.69) is 50.8 Å². The van der Waals surface area contributed by atoms with Crippen LogP contribution in [0, 0.1) is 5.92 Å². The molecule has 0 saturated carbocycles. The molecule has 13 heavy (non-hydrogen) atoms. The van der Waals surface area contributed by atoms with Crippen LogP contribution in [0.3, 0.4) is 0 Å². The van der Waals surface area contributed by atoms with Crippen molar-refractivity contribution in [2.24, 2.45) is 5.92 Å². The molecule has 0 heteroatoms. The summed E-state index contributed by atoms with van der Waals surface area (Å²) in [6.07, 6.45) is 2.21. The Morgan fingerprint density at radius 1 is 1.31 bits per heavy atom. The van der Waals surface area contributed by atoms with Crippen LogP contribution < -0.4 is 0 Å². The van der Waals surface area contributed by atoms with Gasteiger partial charge in [-0.05, 0) is 24.3 Å². The monoisotopic (exact) mass is 174 g/mol. The Labute approximate surface area is 81.3 Å². The van der Waals surface area contributed by atoms with E-state index in [1.807, 2.05) is 0 Å². The van der Waals surface area contributed by atoms with Gasteiger partial charge in [0.1, 0.15) is 0 Å². The molecule has 0 nitrogen and oxygen atoms in total. The van der Waals surface area contributed by atoms with Crippen molar-refractivity contribution >= 4 is 0 Å². The third-order valence-electron chi connectivity index (χ3n) is 2.58. The average molecular weight is 174 g/mol. The smallest absolute Gasteiger partial charge is 0.00671 e. The van der Waals surface area contributed by atoms with Gasteiger partial charge in [0.25, 0.3) is 0 Å². The summed E-state index contributed by atoms with van der Waals surface area (Å²) in [6, 6.07) is 10.5. The highest BCUT2D eigenvalue weighted by Crippen LogP contribution is 2.16. The van der Waals surface area contributed by atoms with Crippen LogP contribution in [-0.2, 0) is 6.42 Å². The van der Waals surface area contributed by atoms with Crippen molar-refractivity contribution in [2.75, 3.05) is 0 Å². The predicted molar refractivity (Wildman–Crippen MR) is 58.7 cm³/mol. The van der Waals surface area contributed by atoms with E-state index in [-0.39, 0.29) is 0 Å². The molecule has 1 aromatic rings. The van der Waals surface area contributed by atoms with Crippen LogP contribution in [-0.4, -0.2) is 0 Å². The molecule has 0 amide bonds. The van der Waals surface area contributed by atoms with Crippen LogP contribution in [0.1, 0.15) is 25.8 Å². The second-order valence-electron chi connectivity index (χ2n) is 3.63. The van der Waals surface area contributed by atoms with Crippen molar-refractivity contribution in [3.05, 3.63) is 48.0 Å². The zero-order valence-electron chi connectivity index (χ0n) is 8.59. The Morgan fingerprint density at radius 2 is 1.92 bits per heavy atom. The molecule has 0 N–H and O–H groups in total. The van der Waals surface area contributed by atoms with E-state index in [9.17, 15) is 0 Å². The van der Waals surface area contributed by atoms with Crippen molar-refractivity contribution in [3.63, 3.8) is 0 Å². The summed E-state index contributed by atoms with van der Waals surface area (Å²) in [5.74, 6) is 0.639. The normalized spacial score (nSPS) is 12.5. The molecule has 0 fully saturated rings. The molecular weight excluding hydrogens is 156 g/mol. The van der Waals surface area contributed by atoms with E-state index in [0.717, 1.165) is 6.42 Å². The van der Waals surface area contributed by atoms with Crippen LogP contribution in [0.5, 0.6) is 0 Å². The third kappa shape index (κ3) is 3.06. The van der Waals surface area contributed by atoms with E-state index in [0.29, 0.717) is 5.92 Å². The second-order valence-corrected chi connectivity index (χ2v) is 3.63. The first-order valence-electron chi connectivity index (χ1n) is 4.95. The van der Waals surface area contributed by atoms with E-state index in [1.54, 1.807) is 0 Å². The fraction of sp³-hybridized carbons (Fsp3) is 0.385. The SMILES string of the molecule is C=C(Cc1ccccc1)C(C)CC. The Balaban J connectivity index is 2.55. The average Bonchev–Trinajstić information content (AvgIpc) is 2.18. The molecule has 0 aromatic heterocycles. The molecule has 0 radical (unpaired) electrons. The Kier molecular flexibility index (Phi) is 3.75. The summed E-state index contributed by atoms with van der Waals surface area (Å²) in [4.78, 5) is 0. The van der Waals surface area contributed by atoms with Crippen molar-refractivity contribution in [1.29, 1.82) is 0 Å². The summed E-state index contributed by atoms with van der Waals surface area (Å²) in [5.41, 5.74) is 2.71. The first kappa shape index (κ1) is 10.0. The van der Waals surface area contributed by atoms with Crippen molar-refractivity contribution in [3.8, 4) is 0 Å². The number of hydrogen-bond acceptors (Lipinski definition) is 0. The molecule has 0 aliphatic carbocycles. The molecule has 0 saturated heterocycles. The third-order valence-corrected chi connectivity index (χ3v) is 2.58. The molecule has 1 rings (SSSR count). The van der Waals surface area contributed by atoms with Crippen LogP contribution >= 0.6 is 0 Å². The minimum Gasteiger partial charge on any atom is -0.0993 e. The Hall–Kier alpha value is -1.04. The fourth-order valence-electron chi connectivity index (χ4n) is 1.32. The molecule has 0 heterocycles. The van der Waals surface area contributed by atoms with Gasteiger partial charge in [-0.25, -0.2) is 0 Å². The van der Waals surface area contributed by atoms with E-state index in [1.165, 1.54) is 17.6 Å². The van der Waals surface area contributed by atoms with Gasteiger partial charge in [0.15, 0.2) is 0 Å². The first-order chi connectivity index (χ1) is 6.24. The second kappa shape index (κ2) is 4.86. The van der Waals surface area contributed by atoms with Gasteiger partial charge in [0.2, 0.25) is 0 Å². The lowest BCUT2D eigenvalue weighted by atomic mass is 9.94.